The molecule has 0 fully saturated rings. The molecular formula is C9H14N2O2. The van der Waals surface area contributed by atoms with Crippen molar-refractivity contribution in [3.8, 4) is 0 Å². The molecule has 0 aromatic rings. The van der Waals surface area contributed by atoms with Gasteiger partial charge in [0.25, 0.3) is 0 Å². The van der Waals surface area contributed by atoms with Gasteiger partial charge >= 0.3 is 5.97 Å². The van der Waals surface area contributed by atoms with E-state index in [1.807, 2.05) is 6.92 Å². The van der Waals surface area contributed by atoms with Crippen LogP contribution in [0.15, 0.2) is 23.5 Å². The topological polar surface area (TPSA) is 89.3 Å². The fourth-order valence-corrected chi connectivity index (χ4v) is 1.33. The number of aliphatic carboxylic acids is 1. The zero-order valence-electron chi connectivity index (χ0n) is 7.74. The average Bonchev–Trinajstić information content (AvgIpc) is 2.01. The second kappa shape index (κ2) is 2.80. The minimum absolute atomic E-state index is 0.141. The van der Waals surface area contributed by atoms with E-state index in [0.717, 1.165) is 0 Å². The lowest BCUT2D eigenvalue weighted by Crippen LogP contribution is -2.36. The van der Waals surface area contributed by atoms with E-state index in [1.165, 1.54) is 6.08 Å². The van der Waals surface area contributed by atoms with Gasteiger partial charge in [0.2, 0.25) is 0 Å². The maximum absolute atomic E-state index is 11.0. The maximum Gasteiger partial charge on any atom is 0.313 e. The van der Waals surface area contributed by atoms with Crippen LogP contribution in [-0.4, -0.2) is 11.1 Å². The molecule has 0 saturated carbocycles. The number of allylic oxidation sites excluding steroid dienone is 1. The monoisotopic (exact) mass is 182 g/mol. The van der Waals surface area contributed by atoms with Crippen molar-refractivity contribution in [2.24, 2.45) is 22.8 Å². The van der Waals surface area contributed by atoms with Gasteiger partial charge in [0.1, 0.15) is 0 Å². The first-order valence-electron chi connectivity index (χ1n) is 4.07. The standard InChI is InChI=1S/C9H14N2O2/c1-5-3-6(10)7(11)4-9(5,2)8(12)13/h3-5H,10-11H2,1-2H3,(H,12,13). The van der Waals surface area contributed by atoms with Gasteiger partial charge in [0, 0.05) is 0 Å². The molecule has 0 radical (unpaired) electrons. The molecule has 72 valence electrons. The predicted octanol–water partition coefficient (Wildman–Crippen LogP) is 0.412. The molecule has 5 N–H and O–H groups in total. The molecule has 2 unspecified atom stereocenters. The van der Waals surface area contributed by atoms with Crippen molar-refractivity contribution in [3.05, 3.63) is 23.5 Å². The van der Waals surface area contributed by atoms with E-state index in [9.17, 15) is 4.79 Å². The first kappa shape index (κ1) is 9.64. The largest absolute Gasteiger partial charge is 0.481 e. The minimum atomic E-state index is -0.938. The predicted molar refractivity (Wildman–Crippen MR) is 49.4 cm³/mol. The molecule has 0 bridgehead atoms. The van der Waals surface area contributed by atoms with E-state index in [-0.39, 0.29) is 5.92 Å². The SMILES string of the molecule is CC1C=C(N)C(N)=CC1(C)C(=O)O. The van der Waals surface area contributed by atoms with Crippen LogP contribution in [0.1, 0.15) is 13.8 Å². The summed E-state index contributed by atoms with van der Waals surface area (Å²) in [7, 11) is 0. The van der Waals surface area contributed by atoms with Gasteiger partial charge < -0.3 is 16.6 Å². The summed E-state index contributed by atoms with van der Waals surface area (Å²) >= 11 is 0. The lowest BCUT2D eigenvalue weighted by atomic mass is 9.74. The van der Waals surface area contributed by atoms with Crippen molar-refractivity contribution in [1.82, 2.24) is 0 Å². The number of carboxylic acid groups (broad SMARTS) is 1. The molecule has 0 spiro atoms. The summed E-state index contributed by atoms with van der Waals surface area (Å²) in [4.78, 5) is 11.0. The van der Waals surface area contributed by atoms with Gasteiger partial charge in [-0.2, -0.15) is 0 Å². The van der Waals surface area contributed by atoms with E-state index in [4.69, 9.17) is 16.6 Å². The summed E-state index contributed by atoms with van der Waals surface area (Å²) in [6.07, 6.45) is 3.19. The smallest absolute Gasteiger partial charge is 0.313 e. The molecular weight excluding hydrogens is 168 g/mol. The lowest BCUT2D eigenvalue weighted by Gasteiger charge is -2.30. The highest BCUT2D eigenvalue weighted by atomic mass is 16.4. The highest BCUT2D eigenvalue weighted by molar-refractivity contribution is 5.78. The minimum Gasteiger partial charge on any atom is -0.481 e. The second-order valence-corrected chi connectivity index (χ2v) is 3.60. The van der Waals surface area contributed by atoms with Gasteiger partial charge in [-0.1, -0.05) is 13.0 Å². The van der Waals surface area contributed by atoms with Gasteiger partial charge in [0.15, 0.2) is 0 Å². The Morgan fingerprint density at radius 1 is 1.54 bits per heavy atom. The fourth-order valence-electron chi connectivity index (χ4n) is 1.33. The van der Waals surface area contributed by atoms with Gasteiger partial charge in [-0.15, -0.1) is 0 Å². The third kappa shape index (κ3) is 1.39. The van der Waals surface area contributed by atoms with E-state index < -0.39 is 11.4 Å². The van der Waals surface area contributed by atoms with E-state index in [2.05, 4.69) is 0 Å². The Kier molecular flexibility index (Phi) is 2.07. The van der Waals surface area contributed by atoms with Crippen LogP contribution in [-0.2, 0) is 4.79 Å². The summed E-state index contributed by atoms with van der Waals surface area (Å²) in [5, 5.41) is 9.00. The third-order valence-electron chi connectivity index (χ3n) is 2.62. The van der Waals surface area contributed by atoms with Gasteiger partial charge in [-0.3, -0.25) is 4.79 Å². The molecule has 2 atom stereocenters. The highest BCUT2D eigenvalue weighted by Crippen LogP contribution is 2.35. The number of carbonyl (C=O) groups is 1. The van der Waals surface area contributed by atoms with Crippen molar-refractivity contribution in [2.45, 2.75) is 13.8 Å². The van der Waals surface area contributed by atoms with E-state index >= 15 is 0 Å². The zero-order valence-corrected chi connectivity index (χ0v) is 7.74. The summed E-state index contributed by atoms with van der Waals surface area (Å²) in [5.74, 6) is -1.02. The molecule has 1 aliphatic rings. The first-order chi connectivity index (χ1) is 5.88. The van der Waals surface area contributed by atoms with E-state index in [1.54, 1.807) is 13.0 Å². The Bertz CT molecular complexity index is 307. The molecule has 0 aliphatic heterocycles. The maximum atomic E-state index is 11.0. The summed E-state index contributed by atoms with van der Waals surface area (Å²) in [6, 6.07) is 0. The van der Waals surface area contributed by atoms with E-state index in [0.29, 0.717) is 11.4 Å². The van der Waals surface area contributed by atoms with Gasteiger partial charge in [-0.05, 0) is 18.9 Å². The van der Waals surface area contributed by atoms with Crippen LogP contribution in [0.5, 0.6) is 0 Å². The molecule has 13 heavy (non-hydrogen) atoms. The molecule has 4 nitrogen and oxygen atoms in total. The van der Waals surface area contributed by atoms with Crippen LogP contribution >= 0.6 is 0 Å². The lowest BCUT2D eigenvalue weighted by molar-refractivity contribution is -0.146. The van der Waals surface area contributed by atoms with Crippen molar-refractivity contribution in [2.75, 3.05) is 0 Å². The van der Waals surface area contributed by atoms with Crippen LogP contribution < -0.4 is 11.5 Å². The molecule has 0 amide bonds. The Hall–Kier alpha value is -1.45. The van der Waals surface area contributed by atoms with Crippen molar-refractivity contribution in [1.29, 1.82) is 0 Å². The number of rotatable bonds is 1. The van der Waals surface area contributed by atoms with Crippen LogP contribution in [0.3, 0.4) is 0 Å². The van der Waals surface area contributed by atoms with Crippen LogP contribution in [0.2, 0.25) is 0 Å². The molecule has 4 heteroatoms. The summed E-state index contributed by atoms with van der Waals surface area (Å²) in [6.45, 7) is 3.44. The summed E-state index contributed by atoms with van der Waals surface area (Å²) < 4.78 is 0. The summed E-state index contributed by atoms with van der Waals surface area (Å²) in [5.41, 5.74) is 11.0. The first-order valence-corrected chi connectivity index (χ1v) is 4.07. The Labute approximate surface area is 76.9 Å². The molecule has 1 rings (SSSR count). The van der Waals surface area contributed by atoms with Gasteiger partial charge in [0.05, 0.1) is 16.8 Å². The molecule has 0 aromatic carbocycles. The molecule has 0 saturated heterocycles. The highest BCUT2D eigenvalue weighted by Gasteiger charge is 2.38. The second-order valence-electron chi connectivity index (χ2n) is 3.60. The number of hydrogen-bond donors (Lipinski definition) is 3. The zero-order chi connectivity index (χ0) is 10.2. The normalized spacial score (nSPS) is 33.5. The molecule has 0 aromatic heterocycles. The number of carboxylic acids is 1. The van der Waals surface area contributed by atoms with Crippen LogP contribution in [0.4, 0.5) is 0 Å². The number of hydrogen-bond acceptors (Lipinski definition) is 3. The average molecular weight is 182 g/mol. The Morgan fingerprint density at radius 3 is 2.54 bits per heavy atom. The van der Waals surface area contributed by atoms with Crippen LogP contribution in [0.25, 0.3) is 0 Å². The molecule has 0 heterocycles. The fraction of sp³-hybridized carbons (Fsp3) is 0.444. The quantitative estimate of drug-likeness (QED) is 0.548. The van der Waals surface area contributed by atoms with Crippen LogP contribution in [0, 0.1) is 11.3 Å². The van der Waals surface area contributed by atoms with Gasteiger partial charge in [-0.25, -0.2) is 0 Å². The Balaban J connectivity index is 3.12. The molecule has 1 aliphatic carbocycles. The number of nitrogens with two attached hydrogens (primary N) is 2. The third-order valence-corrected chi connectivity index (χ3v) is 2.62. The van der Waals surface area contributed by atoms with Crippen molar-refractivity contribution in [3.63, 3.8) is 0 Å². The van der Waals surface area contributed by atoms with Crippen molar-refractivity contribution >= 4 is 5.97 Å². The van der Waals surface area contributed by atoms with Crippen molar-refractivity contribution < 1.29 is 9.90 Å². The Morgan fingerprint density at radius 2 is 2.08 bits per heavy atom.